The van der Waals surface area contributed by atoms with Crippen molar-refractivity contribution in [2.45, 2.75) is 12.5 Å². The molecule has 3 rings (SSSR count). The third-order valence-electron chi connectivity index (χ3n) is 4.11. The highest BCUT2D eigenvalue weighted by Crippen LogP contribution is 2.29. The van der Waals surface area contributed by atoms with E-state index in [1.165, 1.54) is 26.6 Å². The first kappa shape index (κ1) is 18.9. The molecule has 10 heteroatoms. The SMILES string of the molecule is COc1ccc(NC(=O)c2cnc(NC3CCS(=O)(=O)C3)cn2)cc1OC. The van der Waals surface area contributed by atoms with Crippen LogP contribution in [-0.4, -0.2) is 56.1 Å². The molecule has 27 heavy (non-hydrogen) atoms. The van der Waals surface area contributed by atoms with Gasteiger partial charge in [-0.25, -0.2) is 18.4 Å². The van der Waals surface area contributed by atoms with E-state index in [1.807, 2.05) is 0 Å². The minimum atomic E-state index is -2.98. The number of rotatable bonds is 6. The van der Waals surface area contributed by atoms with Crippen LogP contribution in [0.1, 0.15) is 16.9 Å². The number of hydrogen-bond donors (Lipinski definition) is 2. The standard InChI is InChI=1S/C17H20N4O5S/c1-25-14-4-3-11(7-15(14)26-2)21-17(22)13-8-19-16(9-18-13)20-12-5-6-27(23,24)10-12/h3-4,7-9,12H,5-6,10H2,1-2H3,(H,19,20)(H,21,22). The molecule has 0 spiro atoms. The summed E-state index contributed by atoms with van der Waals surface area (Å²) in [5, 5.41) is 5.74. The van der Waals surface area contributed by atoms with Crippen LogP contribution in [0.5, 0.6) is 11.5 Å². The van der Waals surface area contributed by atoms with Gasteiger partial charge in [-0.15, -0.1) is 0 Å². The van der Waals surface area contributed by atoms with Crippen molar-refractivity contribution < 1.29 is 22.7 Å². The zero-order chi connectivity index (χ0) is 19.4. The van der Waals surface area contributed by atoms with Gasteiger partial charge in [-0.1, -0.05) is 0 Å². The molecule has 1 aromatic carbocycles. The molecule has 2 N–H and O–H groups in total. The van der Waals surface area contributed by atoms with Gasteiger partial charge in [0.25, 0.3) is 5.91 Å². The van der Waals surface area contributed by atoms with Crippen molar-refractivity contribution in [2.24, 2.45) is 0 Å². The van der Waals surface area contributed by atoms with Gasteiger partial charge in [0.05, 0.1) is 38.1 Å². The molecule has 1 fully saturated rings. The Morgan fingerprint density at radius 2 is 1.93 bits per heavy atom. The molecule has 1 aromatic heterocycles. The predicted octanol–water partition coefficient (Wildman–Crippen LogP) is 1.35. The van der Waals surface area contributed by atoms with E-state index < -0.39 is 15.7 Å². The Hall–Kier alpha value is -2.88. The summed E-state index contributed by atoms with van der Waals surface area (Å²) in [6.07, 6.45) is 3.28. The first-order chi connectivity index (χ1) is 12.9. The monoisotopic (exact) mass is 392 g/mol. The second-order valence-electron chi connectivity index (χ2n) is 6.06. The van der Waals surface area contributed by atoms with Crippen molar-refractivity contribution in [2.75, 3.05) is 36.4 Å². The molecule has 1 saturated heterocycles. The number of amides is 1. The highest BCUT2D eigenvalue weighted by molar-refractivity contribution is 7.91. The zero-order valence-electron chi connectivity index (χ0n) is 14.9. The van der Waals surface area contributed by atoms with Gasteiger partial charge in [0, 0.05) is 17.8 Å². The van der Waals surface area contributed by atoms with Crippen molar-refractivity contribution in [3.63, 3.8) is 0 Å². The van der Waals surface area contributed by atoms with Crippen molar-refractivity contribution in [3.05, 3.63) is 36.3 Å². The number of anilines is 2. The van der Waals surface area contributed by atoms with Crippen molar-refractivity contribution >= 4 is 27.2 Å². The fraction of sp³-hybridized carbons (Fsp3) is 0.353. The molecule has 0 bridgehead atoms. The van der Waals surface area contributed by atoms with Gasteiger partial charge in [-0.2, -0.15) is 0 Å². The first-order valence-corrected chi connectivity index (χ1v) is 10.0. The number of carbonyl (C=O) groups excluding carboxylic acids is 1. The van der Waals surface area contributed by atoms with Crippen LogP contribution in [0.15, 0.2) is 30.6 Å². The second-order valence-corrected chi connectivity index (χ2v) is 8.28. The minimum absolute atomic E-state index is 0.0796. The molecular weight excluding hydrogens is 372 g/mol. The topological polar surface area (TPSA) is 120 Å². The van der Waals surface area contributed by atoms with Crippen molar-refractivity contribution in [1.29, 1.82) is 0 Å². The number of nitrogens with one attached hydrogen (secondary N) is 2. The molecule has 1 unspecified atom stereocenters. The largest absolute Gasteiger partial charge is 0.493 e. The van der Waals surface area contributed by atoms with E-state index in [0.717, 1.165) is 0 Å². The van der Waals surface area contributed by atoms with Crippen LogP contribution in [0.4, 0.5) is 11.5 Å². The smallest absolute Gasteiger partial charge is 0.275 e. The summed E-state index contributed by atoms with van der Waals surface area (Å²) in [4.78, 5) is 20.6. The molecule has 2 aromatic rings. The van der Waals surface area contributed by atoms with Gasteiger partial charge >= 0.3 is 0 Å². The van der Waals surface area contributed by atoms with Crippen LogP contribution >= 0.6 is 0 Å². The molecule has 1 atom stereocenters. The molecule has 0 aliphatic carbocycles. The Morgan fingerprint density at radius 1 is 1.15 bits per heavy atom. The number of methoxy groups -OCH3 is 2. The van der Waals surface area contributed by atoms with E-state index in [-0.39, 0.29) is 23.2 Å². The van der Waals surface area contributed by atoms with Gasteiger partial charge in [0.2, 0.25) is 0 Å². The molecule has 0 saturated carbocycles. The Labute approximate surface area is 157 Å². The average molecular weight is 392 g/mol. The van der Waals surface area contributed by atoms with E-state index in [4.69, 9.17) is 9.47 Å². The normalized spacial score (nSPS) is 17.9. The summed E-state index contributed by atoms with van der Waals surface area (Å²) < 4.78 is 33.3. The number of hydrogen-bond acceptors (Lipinski definition) is 8. The lowest BCUT2D eigenvalue weighted by Crippen LogP contribution is -2.22. The van der Waals surface area contributed by atoms with Crippen LogP contribution < -0.4 is 20.1 Å². The lowest BCUT2D eigenvalue weighted by atomic mass is 10.2. The summed E-state index contributed by atoms with van der Waals surface area (Å²) in [6.45, 7) is 0. The van der Waals surface area contributed by atoms with E-state index in [0.29, 0.717) is 29.4 Å². The number of ether oxygens (including phenoxy) is 2. The number of carbonyl (C=O) groups is 1. The maximum atomic E-state index is 12.3. The summed E-state index contributed by atoms with van der Waals surface area (Å²) >= 11 is 0. The third-order valence-corrected chi connectivity index (χ3v) is 5.88. The van der Waals surface area contributed by atoms with Crippen LogP contribution in [0.25, 0.3) is 0 Å². The Bertz CT molecular complexity index is 931. The zero-order valence-corrected chi connectivity index (χ0v) is 15.7. The van der Waals surface area contributed by atoms with Gasteiger partial charge in [-0.3, -0.25) is 4.79 Å². The molecule has 1 aliphatic heterocycles. The molecule has 1 amide bonds. The maximum absolute atomic E-state index is 12.3. The first-order valence-electron chi connectivity index (χ1n) is 8.22. The van der Waals surface area contributed by atoms with Crippen LogP contribution in [0.3, 0.4) is 0 Å². The summed E-state index contributed by atoms with van der Waals surface area (Å²) in [7, 11) is 0.0636. The van der Waals surface area contributed by atoms with Crippen molar-refractivity contribution in [1.82, 2.24) is 9.97 Å². The molecule has 9 nitrogen and oxygen atoms in total. The molecule has 144 valence electrons. The number of aromatic nitrogens is 2. The van der Waals surface area contributed by atoms with E-state index >= 15 is 0 Å². The minimum Gasteiger partial charge on any atom is -0.493 e. The highest BCUT2D eigenvalue weighted by Gasteiger charge is 2.28. The van der Waals surface area contributed by atoms with Gasteiger partial charge < -0.3 is 20.1 Å². The fourth-order valence-electron chi connectivity index (χ4n) is 2.75. The van der Waals surface area contributed by atoms with Crippen LogP contribution in [0, 0.1) is 0 Å². The molecule has 1 aliphatic rings. The molecular formula is C17H20N4O5S. The van der Waals surface area contributed by atoms with Crippen LogP contribution in [-0.2, 0) is 9.84 Å². The average Bonchev–Trinajstić information content (AvgIpc) is 3.00. The van der Waals surface area contributed by atoms with Gasteiger partial charge in [-0.05, 0) is 18.6 Å². The Morgan fingerprint density at radius 3 is 2.52 bits per heavy atom. The summed E-state index contributed by atoms with van der Waals surface area (Å²) in [6, 6.07) is 4.82. The van der Waals surface area contributed by atoms with E-state index in [9.17, 15) is 13.2 Å². The highest BCUT2D eigenvalue weighted by atomic mass is 32.2. The Balaban J connectivity index is 1.64. The van der Waals surface area contributed by atoms with Crippen LogP contribution in [0.2, 0.25) is 0 Å². The maximum Gasteiger partial charge on any atom is 0.275 e. The van der Waals surface area contributed by atoms with Gasteiger partial charge in [0.1, 0.15) is 11.5 Å². The second kappa shape index (κ2) is 7.78. The lowest BCUT2D eigenvalue weighted by Gasteiger charge is -2.12. The Kier molecular flexibility index (Phi) is 5.45. The predicted molar refractivity (Wildman–Crippen MR) is 100 cm³/mol. The molecule has 0 radical (unpaired) electrons. The molecule has 2 heterocycles. The van der Waals surface area contributed by atoms with Crippen molar-refractivity contribution in [3.8, 4) is 11.5 Å². The van der Waals surface area contributed by atoms with Gasteiger partial charge in [0.15, 0.2) is 21.3 Å². The summed E-state index contributed by atoms with van der Waals surface area (Å²) in [5.41, 5.74) is 0.659. The van der Waals surface area contributed by atoms with E-state index in [2.05, 4.69) is 20.6 Å². The number of nitrogens with zero attached hydrogens (tertiary/aromatic N) is 2. The lowest BCUT2D eigenvalue weighted by molar-refractivity contribution is 0.102. The summed E-state index contributed by atoms with van der Waals surface area (Å²) in [5.74, 6) is 1.30. The quantitative estimate of drug-likeness (QED) is 0.756. The fourth-order valence-corrected chi connectivity index (χ4v) is 4.42. The van der Waals surface area contributed by atoms with E-state index in [1.54, 1.807) is 18.2 Å². The number of sulfone groups is 1. The third kappa shape index (κ3) is 4.64. The number of benzene rings is 1.